The van der Waals surface area contributed by atoms with Crippen molar-refractivity contribution in [3.05, 3.63) is 76.8 Å². The molecule has 1 saturated carbocycles. The van der Waals surface area contributed by atoms with E-state index in [9.17, 15) is 14.7 Å². The molecule has 3 aromatic rings. The number of aliphatic hydroxyl groups excluding tert-OH is 1. The molecule has 6 rings (SSSR count). The molecule has 41 heavy (non-hydrogen) atoms. The SMILES string of the molecule is [C-]#[N+]N1C[C@@H]2CC[C@H](O)[C@H](C(=O)OC)[C@H]2C[C@H]1[C@@]1(CCn2cc(-c3cccc(Cl)c3)nn2)C(=O)Nc2ccccc21. The first-order valence-corrected chi connectivity index (χ1v) is 14.2. The Labute approximate surface area is 243 Å². The van der Waals surface area contributed by atoms with Crippen molar-refractivity contribution in [1.29, 1.82) is 0 Å². The molecule has 2 fully saturated rings. The number of piperidine rings is 1. The average molecular weight is 575 g/mol. The molecule has 2 N–H and O–H groups in total. The predicted octanol–water partition coefficient (Wildman–Crippen LogP) is 3.96. The number of amides is 1. The molecule has 0 bridgehead atoms. The van der Waals surface area contributed by atoms with Gasteiger partial charge in [0.05, 0.1) is 31.9 Å². The molecule has 11 heteroatoms. The van der Waals surface area contributed by atoms with Crippen LogP contribution in [-0.2, 0) is 26.3 Å². The van der Waals surface area contributed by atoms with Gasteiger partial charge in [-0.2, -0.15) is 11.5 Å². The standard InChI is InChI=1S/C30H31ClN6O4/c1-32-37-16-19-10-11-25(38)27(28(39)41-2)21(19)15-26(37)30(22-8-3-4-9-23(22)33-29(30)40)12-13-36-17-24(34-35-36)18-6-5-7-20(31)14-18/h3-9,14,17,19,21,25-27,38H,10-13,15-16H2,2H3,(H,33,40)/t19-,21-,25-,26-,27+,30-/m0/s1. The number of halogens is 1. The summed E-state index contributed by atoms with van der Waals surface area (Å²) >= 11 is 6.17. The topological polar surface area (TPSA) is 114 Å². The highest BCUT2D eigenvalue weighted by Crippen LogP contribution is 2.52. The second-order valence-electron chi connectivity index (χ2n) is 11.2. The monoisotopic (exact) mass is 574 g/mol. The number of methoxy groups -OCH3 is 1. The minimum absolute atomic E-state index is 0.0418. The summed E-state index contributed by atoms with van der Waals surface area (Å²) in [5.41, 5.74) is 1.96. The molecule has 2 aliphatic heterocycles. The van der Waals surface area contributed by atoms with E-state index in [4.69, 9.17) is 22.9 Å². The first kappa shape index (κ1) is 27.2. The van der Waals surface area contributed by atoms with Crippen molar-refractivity contribution in [3.8, 4) is 11.3 Å². The van der Waals surface area contributed by atoms with Crippen molar-refractivity contribution in [2.45, 2.75) is 49.8 Å². The zero-order valence-electron chi connectivity index (χ0n) is 22.6. The van der Waals surface area contributed by atoms with Crippen LogP contribution < -0.4 is 5.32 Å². The van der Waals surface area contributed by atoms with Gasteiger partial charge in [0.2, 0.25) is 5.91 Å². The summed E-state index contributed by atoms with van der Waals surface area (Å²) in [5.74, 6) is -1.49. The van der Waals surface area contributed by atoms with Gasteiger partial charge in [0.1, 0.15) is 17.2 Å². The summed E-state index contributed by atoms with van der Waals surface area (Å²) in [6.45, 7) is 8.88. The maximum Gasteiger partial charge on any atom is 0.311 e. The Morgan fingerprint density at radius 1 is 1.27 bits per heavy atom. The number of benzene rings is 2. The Morgan fingerprint density at radius 3 is 2.88 bits per heavy atom. The van der Waals surface area contributed by atoms with Gasteiger partial charge >= 0.3 is 5.97 Å². The number of ether oxygens (including phenoxy) is 1. The van der Waals surface area contributed by atoms with Gasteiger partial charge in [-0.25, -0.2) is 0 Å². The van der Waals surface area contributed by atoms with E-state index in [1.807, 2.05) is 48.7 Å². The first-order chi connectivity index (χ1) is 19.8. The number of para-hydroxylation sites is 1. The third kappa shape index (κ3) is 4.63. The zero-order chi connectivity index (χ0) is 28.7. The lowest BCUT2D eigenvalue weighted by Crippen LogP contribution is -2.60. The van der Waals surface area contributed by atoms with Crippen LogP contribution in [-0.4, -0.2) is 62.8 Å². The smallest absolute Gasteiger partial charge is 0.311 e. The van der Waals surface area contributed by atoms with Crippen LogP contribution in [0.15, 0.2) is 54.7 Å². The molecule has 2 aromatic carbocycles. The van der Waals surface area contributed by atoms with Gasteiger partial charge in [-0.05, 0) is 61.3 Å². The first-order valence-electron chi connectivity index (χ1n) is 13.8. The van der Waals surface area contributed by atoms with Gasteiger partial charge in [-0.15, -0.1) is 10.1 Å². The van der Waals surface area contributed by atoms with Gasteiger partial charge in [-0.1, -0.05) is 47.1 Å². The fourth-order valence-electron chi connectivity index (χ4n) is 7.27. The summed E-state index contributed by atoms with van der Waals surface area (Å²) in [6, 6.07) is 14.4. The number of carbonyl (C=O) groups is 2. The Hall–Kier alpha value is -3.94. The summed E-state index contributed by atoms with van der Waals surface area (Å²) in [6.07, 6.45) is 2.95. The second kappa shape index (κ2) is 10.8. The van der Waals surface area contributed by atoms with Crippen molar-refractivity contribution < 1.29 is 19.4 Å². The molecule has 3 aliphatic rings. The largest absolute Gasteiger partial charge is 0.469 e. The molecule has 1 aromatic heterocycles. The summed E-state index contributed by atoms with van der Waals surface area (Å²) in [5, 5.41) is 24.8. The van der Waals surface area contributed by atoms with Crippen LogP contribution >= 0.6 is 11.6 Å². The average Bonchev–Trinajstić information content (AvgIpc) is 3.57. The van der Waals surface area contributed by atoms with Gasteiger partial charge in [0.25, 0.3) is 0 Å². The van der Waals surface area contributed by atoms with E-state index >= 15 is 0 Å². The Balaban J connectivity index is 1.37. The number of anilines is 1. The fraction of sp³-hybridized carbons (Fsp3) is 0.433. The lowest BCUT2D eigenvalue weighted by atomic mass is 9.60. The number of esters is 1. The molecule has 6 atom stereocenters. The van der Waals surface area contributed by atoms with E-state index in [0.29, 0.717) is 49.5 Å². The molecule has 1 saturated heterocycles. The molecular formula is C30H31ClN6O4. The highest BCUT2D eigenvalue weighted by molar-refractivity contribution is 6.30. The van der Waals surface area contributed by atoms with Crippen molar-refractivity contribution in [1.82, 2.24) is 20.0 Å². The van der Waals surface area contributed by atoms with Crippen molar-refractivity contribution >= 4 is 29.2 Å². The number of nitrogens with one attached hydrogen (secondary N) is 1. The third-order valence-corrected chi connectivity index (χ3v) is 9.45. The van der Waals surface area contributed by atoms with Gasteiger partial charge in [0, 0.05) is 22.8 Å². The molecule has 1 amide bonds. The molecule has 0 spiro atoms. The lowest BCUT2D eigenvalue weighted by molar-refractivity contribution is -0.160. The second-order valence-corrected chi connectivity index (χ2v) is 11.6. The Morgan fingerprint density at radius 2 is 2.10 bits per heavy atom. The highest BCUT2D eigenvalue weighted by Gasteiger charge is 2.60. The Bertz CT molecular complexity index is 1520. The van der Waals surface area contributed by atoms with Crippen LogP contribution in [0.5, 0.6) is 0 Å². The number of hydrogen-bond donors (Lipinski definition) is 2. The number of hydrogen-bond acceptors (Lipinski definition) is 7. The van der Waals surface area contributed by atoms with E-state index in [-0.39, 0.29) is 17.7 Å². The van der Waals surface area contributed by atoms with Crippen molar-refractivity contribution in [3.63, 3.8) is 0 Å². The van der Waals surface area contributed by atoms with Crippen LogP contribution in [0.2, 0.25) is 5.02 Å². The normalized spacial score (nSPS) is 28.8. The van der Waals surface area contributed by atoms with Crippen LogP contribution in [0.1, 0.15) is 31.2 Å². The van der Waals surface area contributed by atoms with Crippen LogP contribution in [0.25, 0.3) is 16.2 Å². The van der Waals surface area contributed by atoms with Crippen LogP contribution in [0.4, 0.5) is 5.69 Å². The summed E-state index contributed by atoms with van der Waals surface area (Å²) in [7, 11) is 1.34. The molecule has 3 heterocycles. The van der Waals surface area contributed by atoms with Gasteiger partial charge in [-0.3, -0.25) is 14.3 Å². The maximum absolute atomic E-state index is 14.1. The maximum atomic E-state index is 14.1. The molecule has 0 unspecified atom stereocenters. The number of carbonyl (C=O) groups excluding carboxylic acids is 2. The minimum Gasteiger partial charge on any atom is -0.469 e. The zero-order valence-corrected chi connectivity index (χ0v) is 23.4. The predicted molar refractivity (Wildman–Crippen MR) is 151 cm³/mol. The number of aliphatic hydroxyl groups is 1. The summed E-state index contributed by atoms with van der Waals surface area (Å²) < 4.78 is 6.81. The minimum atomic E-state index is -1.09. The molecule has 212 valence electrons. The van der Waals surface area contributed by atoms with E-state index in [2.05, 4.69) is 20.6 Å². The fourth-order valence-corrected chi connectivity index (χ4v) is 7.46. The molecule has 10 nitrogen and oxygen atoms in total. The van der Waals surface area contributed by atoms with E-state index in [1.54, 1.807) is 15.8 Å². The molecule has 0 radical (unpaired) electrons. The number of rotatable bonds is 6. The lowest BCUT2D eigenvalue weighted by Gasteiger charge is -2.49. The molecule has 1 aliphatic carbocycles. The Kier molecular flexibility index (Phi) is 7.18. The molecular weight excluding hydrogens is 544 g/mol. The quantitative estimate of drug-likeness (QED) is 0.338. The van der Waals surface area contributed by atoms with Crippen LogP contribution in [0.3, 0.4) is 0 Å². The van der Waals surface area contributed by atoms with Gasteiger partial charge in [0.15, 0.2) is 0 Å². The number of fused-ring (bicyclic) bond motifs is 2. The number of nitrogens with zero attached hydrogens (tertiary/aromatic N) is 5. The number of aryl methyl sites for hydroxylation is 1. The summed E-state index contributed by atoms with van der Waals surface area (Å²) in [4.78, 5) is 30.8. The van der Waals surface area contributed by atoms with Crippen molar-refractivity contribution in [2.24, 2.45) is 17.8 Å². The van der Waals surface area contributed by atoms with Gasteiger partial charge < -0.3 is 15.2 Å². The van der Waals surface area contributed by atoms with E-state index in [0.717, 1.165) is 16.8 Å². The van der Waals surface area contributed by atoms with Crippen LogP contribution in [0, 0.1) is 24.3 Å². The van der Waals surface area contributed by atoms with E-state index < -0.39 is 29.4 Å². The highest BCUT2D eigenvalue weighted by atomic mass is 35.5. The third-order valence-electron chi connectivity index (χ3n) is 9.22. The van der Waals surface area contributed by atoms with Crippen molar-refractivity contribution in [2.75, 3.05) is 19.0 Å². The van der Waals surface area contributed by atoms with E-state index in [1.165, 1.54) is 7.11 Å². The number of aromatic nitrogens is 3.